The first kappa shape index (κ1) is 33.0. The number of rotatable bonds is 13. The van der Waals surface area contributed by atoms with E-state index in [4.69, 9.17) is 4.74 Å². The number of hydrogen-bond donors (Lipinski definition) is 2. The van der Waals surface area contributed by atoms with Gasteiger partial charge in [-0.25, -0.2) is 0 Å². The molecule has 0 aromatic rings. The average Bonchev–Trinajstić information content (AvgIpc) is 3.08. The number of amides is 4. The minimum absolute atomic E-state index is 0.0997. The van der Waals surface area contributed by atoms with E-state index in [0.29, 0.717) is 32.1 Å². The zero-order valence-electron chi connectivity index (χ0n) is 24.6. The van der Waals surface area contributed by atoms with Gasteiger partial charge in [0, 0.05) is 56.8 Å². The molecule has 2 aliphatic rings. The van der Waals surface area contributed by atoms with Gasteiger partial charge in [-0.2, -0.15) is 0 Å². The lowest BCUT2D eigenvalue weighted by molar-refractivity contribution is -0.140. The molecule has 0 bridgehead atoms. The molecular formula is C28H52N4O5. The molecule has 9 nitrogen and oxygen atoms in total. The summed E-state index contributed by atoms with van der Waals surface area (Å²) in [5.41, 5.74) is -0.567. The summed E-state index contributed by atoms with van der Waals surface area (Å²) in [6, 6.07) is 0. The second-order valence-corrected chi connectivity index (χ2v) is 11.9. The lowest BCUT2D eigenvalue weighted by Gasteiger charge is -2.35. The summed E-state index contributed by atoms with van der Waals surface area (Å²) in [7, 11) is 1.97. The van der Waals surface area contributed by atoms with Crippen molar-refractivity contribution in [2.45, 2.75) is 80.6 Å². The van der Waals surface area contributed by atoms with E-state index in [-0.39, 0.29) is 59.8 Å². The van der Waals surface area contributed by atoms with Gasteiger partial charge in [-0.15, -0.1) is 0 Å². The smallest absolute Gasteiger partial charge is 0.232 e. The van der Waals surface area contributed by atoms with Crippen LogP contribution < -0.4 is 10.6 Å². The fourth-order valence-corrected chi connectivity index (χ4v) is 4.62. The van der Waals surface area contributed by atoms with E-state index in [1.165, 1.54) is 4.90 Å². The van der Waals surface area contributed by atoms with Gasteiger partial charge in [0.1, 0.15) is 0 Å². The lowest BCUT2D eigenvalue weighted by Crippen LogP contribution is -2.42. The number of hydrogen-bond acceptors (Lipinski definition) is 6. The Kier molecular flexibility index (Phi) is 13.8. The van der Waals surface area contributed by atoms with Gasteiger partial charge in [0.15, 0.2) is 0 Å². The molecule has 214 valence electrons. The van der Waals surface area contributed by atoms with Gasteiger partial charge in [0.25, 0.3) is 0 Å². The van der Waals surface area contributed by atoms with Crippen molar-refractivity contribution < 1.29 is 23.9 Å². The van der Waals surface area contributed by atoms with Gasteiger partial charge >= 0.3 is 0 Å². The van der Waals surface area contributed by atoms with Crippen molar-refractivity contribution in [1.82, 2.24) is 20.4 Å². The third-order valence-corrected chi connectivity index (χ3v) is 6.87. The maximum atomic E-state index is 12.8. The molecule has 1 unspecified atom stereocenters. The van der Waals surface area contributed by atoms with Crippen molar-refractivity contribution in [2.75, 3.05) is 53.0 Å². The van der Waals surface area contributed by atoms with Crippen LogP contribution in [0.4, 0.5) is 0 Å². The van der Waals surface area contributed by atoms with Crippen molar-refractivity contribution in [3.05, 3.63) is 0 Å². The van der Waals surface area contributed by atoms with Crippen molar-refractivity contribution >= 4 is 23.6 Å². The standard InChI is InChI=1S/C26H46N4O5.C2H6/c1-19-13-22(32)30(24(19)34)12-9-21(31)28-16-26(4,5)18-35-17-25(2,3)14-23(33)29-10-7-20(8-11-29)15-27-6;1-2/h19-20,27H,7-18H2,1-6H3,(H,28,31);1-2H3. The minimum Gasteiger partial charge on any atom is -0.380 e. The third kappa shape index (κ3) is 11.5. The highest BCUT2D eigenvalue weighted by Gasteiger charge is 2.35. The number of piperidine rings is 1. The summed E-state index contributed by atoms with van der Waals surface area (Å²) in [4.78, 5) is 52.0. The highest BCUT2D eigenvalue weighted by atomic mass is 16.5. The van der Waals surface area contributed by atoms with Crippen LogP contribution >= 0.6 is 0 Å². The van der Waals surface area contributed by atoms with E-state index in [1.807, 2.05) is 39.6 Å². The normalized spacial score (nSPS) is 19.1. The lowest BCUT2D eigenvalue weighted by atomic mass is 9.88. The van der Waals surface area contributed by atoms with Crippen molar-refractivity contribution in [3.63, 3.8) is 0 Å². The fourth-order valence-electron chi connectivity index (χ4n) is 4.62. The predicted octanol–water partition coefficient (Wildman–Crippen LogP) is 2.83. The topological polar surface area (TPSA) is 108 Å². The Morgan fingerprint density at radius 3 is 2.16 bits per heavy atom. The molecule has 0 spiro atoms. The summed E-state index contributed by atoms with van der Waals surface area (Å²) in [6.45, 7) is 18.0. The monoisotopic (exact) mass is 524 g/mol. The highest BCUT2D eigenvalue weighted by molar-refractivity contribution is 6.03. The largest absolute Gasteiger partial charge is 0.380 e. The van der Waals surface area contributed by atoms with Gasteiger partial charge in [0.2, 0.25) is 23.6 Å². The molecule has 0 saturated carbocycles. The molecule has 2 saturated heterocycles. The molecule has 0 aromatic heterocycles. The molecule has 2 N–H and O–H groups in total. The summed E-state index contributed by atoms with van der Waals surface area (Å²) >= 11 is 0. The molecule has 2 heterocycles. The van der Waals surface area contributed by atoms with E-state index < -0.39 is 0 Å². The van der Waals surface area contributed by atoms with Crippen LogP contribution in [0.1, 0.15) is 80.6 Å². The van der Waals surface area contributed by atoms with Crippen LogP contribution in [0.15, 0.2) is 0 Å². The molecule has 37 heavy (non-hydrogen) atoms. The molecule has 1 atom stereocenters. The van der Waals surface area contributed by atoms with Crippen LogP contribution in [-0.2, 0) is 23.9 Å². The van der Waals surface area contributed by atoms with Gasteiger partial charge in [-0.1, -0.05) is 48.5 Å². The first-order chi connectivity index (χ1) is 17.3. The quantitative estimate of drug-likeness (QED) is 0.359. The van der Waals surface area contributed by atoms with Crippen molar-refractivity contribution in [3.8, 4) is 0 Å². The highest BCUT2D eigenvalue weighted by Crippen LogP contribution is 2.26. The summed E-state index contributed by atoms with van der Waals surface area (Å²) in [6.07, 6.45) is 2.87. The summed E-state index contributed by atoms with van der Waals surface area (Å²) in [5, 5.41) is 6.11. The molecule has 4 amide bonds. The Balaban J connectivity index is 0.00000334. The van der Waals surface area contributed by atoms with Crippen molar-refractivity contribution in [2.24, 2.45) is 22.7 Å². The second-order valence-electron chi connectivity index (χ2n) is 11.9. The van der Waals surface area contributed by atoms with Gasteiger partial charge in [-0.05, 0) is 37.8 Å². The molecule has 9 heteroatoms. The van der Waals surface area contributed by atoms with E-state index in [0.717, 1.165) is 32.5 Å². The Labute approximate surface area is 224 Å². The van der Waals surface area contributed by atoms with Crippen LogP contribution in [0.2, 0.25) is 0 Å². The van der Waals surface area contributed by atoms with Crippen LogP contribution in [0.25, 0.3) is 0 Å². The average molecular weight is 525 g/mol. The predicted molar refractivity (Wildman–Crippen MR) is 146 cm³/mol. The number of nitrogens with one attached hydrogen (secondary N) is 2. The zero-order valence-corrected chi connectivity index (χ0v) is 24.6. The maximum Gasteiger partial charge on any atom is 0.232 e. The van der Waals surface area contributed by atoms with E-state index in [1.54, 1.807) is 6.92 Å². The SMILES string of the molecule is CC.CNCC1CCN(C(=O)CC(C)(C)COCC(C)(C)CNC(=O)CCN2C(=O)CC(C)C2=O)CC1. The number of carbonyl (C=O) groups is 4. The van der Waals surface area contributed by atoms with Crippen LogP contribution in [0, 0.1) is 22.7 Å². The summed E-state index contributed by atoms with van der Waals surface area (Å²) < 4.78 is 5.99. The first-order valence-corrected chi connectivity index (χ1v) is 13.9. The number of nitrogens with zero attached hydrogens (tertiary/aromatic N) is 2. The Morgan fingerprint density at radius 1 is 1.03 bits per heavy atom. The van der Waals surface area contributed by atoms with Gasteiger partial charge < -0.3 is 20.3 Å². The molecule has 0 radical (unpaired) electrons. The van der Waals surface area contributed by atoms with Gasteiger partial charge in [0.05, 0.1) is 13.2 Å². The van der Waals surface area contributed by atoms with E-state index >= 15 is 0 Å². The maximum absolute atomic E-state index is 12.8. The minimum atomic E-state index is -0.295. The van der Waals surface area contributed by atoms with Crippen LogP contribution in [-0.4, -0.2) is 86.4 Å². The fraction of sp³-hybridized carbons (Fsp3) is 0.857. The Hall–Kier alpha value is -2.00. The molecule has 0 aliphatic carbocycles. The Morgan fingerprint density at radius 2 is 1.62 bits per heavy atom. The van der Waals surface area contributed by atoms with Crippen LogP contribution in [0.5, 0.6) is 0 Å². The van der Waals surface area contributed by atoms with Gasteiger partial charge in [-0.3, -0.25) is 24.1 Å². The first-order valence-electron chi connectivity index (χ1n) is 13.9. The Bertz CT molecular complexity index is 760. The van der Waals surface area contributed by atoms with Crippen LogP contribution in [0.3, 0.4) is 0 Å². The zero-order chi connectivity index (χ0) is 28.2. The van der Waals surface area contributed by atoms with E-state index in [2.05, 4.69) is 24.5 Å². The summed E-state index contributed by atoms with van der Waals surface area (Å²) in [5.74, 6) is -0.0481. The third-order valence-electron chi connectivity index (χ3n) is 6.87. The molecule has 2 rings (SSSR count). The number of carbonyl (C=O) groups excluding carboxylic acids is 4. The molecule has 0 aromatic carbocycles. The van der Waals surface area contributed by atoms with E-state index in [9.17, 15) is 19.2 Å². The van der Waals surface area contributed by atoms with Crippen molar-refractivity contribution in [1.29, 1.82) is 0 Å². The second kappa shape index (κ2) is 15.4. The number of likely N-dealkylation sites (tertiary alicyclic amines) is 2. The number of ether oxygens (including phenoxy) is 1. The number of imide groups is 1. The molecule has 2 fully saturated rings. The molecule has 2 aliphatic heterocycles. The molecular weight excluding hydrogens is 472 g/mol.